The summed E-state index contributed by atoms with van der Waals surface area (Å²) in [6, 6.07) is 5.33. The number of aromatic nitrogens is 2. The molecule has 0 fully saturated rings. The van der Waals surface area contributed by atoms with E-state index in [1.165, 1.54) is 29.8 Å². The number of aliphatic hydroxyl groups excluding tert-OH is 1. The first-order valence-electron chi connectivity index (χ1n) is 9.90. The molecule has 0 atom stereocenters. The maximum atomic E-state index is 8.77. The van der Waals surface area contributed by atoms with Crippen LogP contribution >= 0.6 is 11.6 Å². The zero-order chi connectivity index (χ0) is 19.5. The van der Waals surface area contributed by atoms with Gasteiger partial charge in [0.15, 0.2) is 0 Å². The van der Waals surface area contributed by atoms with Crippen LogP contribution in [0.1, 0.15) is 56.5 Å². The molecule has 1 aromatic heterocycles. The molecule has 0 radical (unpaired) electrons. The lowest BCUT2D eigenvalue weighted by atomic mass is 10.0. The van der Waals surface area contributed by atoms with Crippen LogP contribution in [-0.4, -0.2) is 35.1 Å². The minimum atomic E-state index is -0.0179. The Bertz CT molecular complexity index is 667. The predicted molar refractivity (Wildman–Crippen MR) is 109 cm³/mol. The van der Waals surface area contributed by atoms with Crippen molar-refractivity contribution < 1.29 is 14.6 Å². The van der Waals surface area contributed by atoms with Gasteiger partial charge in [-0.1, -0.05) is 38.3 Å². The highest BCUT2D eigenvalue weighted by Crippen LogP contribution is 2.29. The molecule has 0 saturated carbocycles. The van der Waals surface area contributed by atoms with Crippen LogP contribution < -0.4 is 9.47 Å². The minimum Gasteiger partial charge on any atom is -0.492 e. The number of rotatable bonds is 13. The van der Waals surface area contributed by atoms with E-state index in [0.717, 1.165) is 32.1 Å². The number of aryl methyl sites for hydroxylation is 2. The lowest BCUT2D eigenvalue weighted by Crippen LogP contribution is -2.02. The number of hydrogen-bond donors (Lipinski definition) is 2. The fourth-order valence-corrected chi connectivity index (χ4v) is 3.34. The zero-order valence-electron chi connectivity index (χ0n) is 16.4. The van der Waals surface area contributed by atoms with Crippen molar-refractivity contribution in [3.8, 4) is 11.5 Å². The van der Waals surface area contributed by atoms with Crippen molar-refractivity contribution in [3.05, 3.63) is 40.2 Å². The Morgan fingerprint density at radius 1 is 1.04 bits per heavy atom. The van der Waals surface area contributed by atoms with Crippen LogP contribution in [0.3, 0.4) is 0 Å². The Morgan fingerprint density at radius 3 is 2.56 bits per heavy atom. The second-order valence-corrected chi connectivity index (χ2v) is 6.92. The fraction of sp³-hybridized carbons (Fsp3) is 0.571. The lowest BCUT2D eigenvalue weighted by Gasteiger charge is -2.10. The molecule has 2 aromatic rings. The molecule has 0 aliphatic heterocycles. The number of halogens is 1. The molecule has 150 valence electrons. The zero-order valence-corrected chi connectivity index (χ0v) is 17.1. The van der Waals surface area contributed by atoms with E-state index in [1.54, 1.807) is 12.1 Å². The summed E-state index contributed by atoms with van der Waals surface area (Å²) in [5.41, 5.74) is 3.93. The van der Waals surface area contributed by atoms with Gasteiger partial charge >= 0.3 is 0 Å². The number of benzene rings is 1. The smallest absolute Gasteiger partial charge is 0.138 e. The van der Waals surface area contributed by atoms with E-state index >= 15 is 0 Å². The van der Waals surface area contributed by atoms with Crippen molar-refractivity contribution in [1.82, 2.24) is 10.2 Å². The molecule has 2 N–H and O–H groups in total. The minimum absolute atomic E-state index is 0.0179. The quantitative estimate of drug-likeness (QED) is 0.481. The number of hydrogen-bond acceptors (Lipinski definition) is 4. The number of nitrogens with one attached hydrogen (secondary N) is 1. The summed E-state index contributed by atoms with van der Waals surface area (Å²) in [6.07, 6.45) is 7.61. The molecule has 0 aliphatic carbocycles. The molecular weight excluding hydrogens is 364 g/mol. The van der Waals surface area contributed by atoms with Gasteiger partial charge in [0.25, 0.3) is 0 Å². The molecule has 0 amide bonds. The maximum Gasteiger partial charge on any atom is 0.138 e. The van der Waals surface area contributed by atoms with Crippen LogP contribution in [0.5, 0.6) is 11.5 Å². The Morgan fingerprint density at radius 2 is 1.85 bits per heavy atom. The van der Waals surface area contributed by atoms with Gasteiger partial charge in [0.2, 0.25) is 0 Å². The molecule has 0 aliphatic rings. The summed E-state index contributed by atoms with van der Waals surface area (Å²) in [4.78, 5) is 0. The topological polar surface area (TPSA) is 67.4 Å². The first-order valence-corrected chi connectivity index (χ1v) is 10.3. The Labute approximate surface area is 167 Å². The van der Waals surface area contributed by atoms with Gasteiger partial charge in [0.05, 0.1) is 23.9 Å². The van der Waals surface area contributed by atoms with Crippen LogP contribution in [0.2, 0.25) is 5.02 Å². The first kappa shape index (κ1) is 21.6. The van der Waals surface area contributed by atoms with Crippen molar-refractivity contribution in [1.29, 1.82) is 0 Å². The van der Waals surface area contributed by atoms with Crippen LogP contribution in [0.25, 0.3) is 0 Å². The monoisotopic (exact) mass is 394 g/mol. The third-order valence-electron chi connectivity index (χ3n) is 4.57. The van der Waals surface area contributed by atoms with Gasteiger partial charge in [-0.2, -0.15) is 5.10 Å². The van der Waals surface area contributed by atoms with E-state index in [9.17, 15) is 0 Å². The van der Waals surface area contributed by atoms with Gasteiger partial charge in [0, 0.05) is 11.8 Å². The molecular formula is C21H31ClN2O3. The van der Waals surface area contributed by atoms with Crippen molar-refractivity contribution in [3.63, 3.8) is 0 Å². The van der Waals surface area contributed by atoms with Gasteiger partial charge in [-0.3, -0.25) is 5.10 Å². The number of H-pyrrole nitrogens is 1. The SMILES string of the molecule is CCc1n[nH]c(CC)c1CCCCCCOc1ccc(OCCO)cc1Cl. The third kappa shape index (κ3) is 6.74. The van der Waals surface area contributed by atoms with E-state index in [-0.39, 0.29) is 13.2 Å². The van der Waals surface area contributed by atoms with E-state index in [1.807, 2.05) is 6.07 Å². The van der Waals surface area contributed by atoms with Crippen LogP contribution in [0.4, 0.5) is 0 Å². The number of nitrogens with zero attached hydrogens (tertiary/aromatic N) is 1. The summed E-state index contributed by atoms with van der Waals surface area (Å²) in [5, 5.41) is 16.9. The maximum absolute atomic E-state index is 8.77. The van der Waals surface area contributed by atoms with Crippen molar-refractivity contribution >= 4 is 11.6 Å². The predicted octanol–water partition coefficient (Wildman–Crippen LogP) is 4.74. The molecule has 27 heavy (non-hydrogen) atoms. The first-order chi connectivity index (χ1) is 13.2. The second-order valence-electron chi connectivity index (χ2n) is 6.51. The molecule has 0 saturated heterocycles. The molecule has 0 unspecified atom stereocenters. The van der Waals surface area contributed by atoms with E-state index < -0.39 is 0 Å². The summed E-state index contributed by atoms with van der Waals surface area (Å²) in [7, 11) is 0. The second kappa shape index (κ2) is 11.9. The summed E-state index contributed by atoms with van der Waals surface area (Å²) in [6.45, 7) is 5.23. The molecule has 2 rings (SSSR count). The summed E-state index contributed by atoms with van der Waals surface area (Å²) >= 11 is 6.21. The number of ether oxygens (including phenoxy) is 2. The van der Waals surface area contributed by atoms with Crippen LogP contribution in [0.15, 0.2) is 18.2 Å². The van der Waals surface area contributed by atoms with Gasteiger partial charge < -0.3 is 14.6 Å². The fourth-order valence-electron chi connectivity index (χ4n) is 3.12. The molecule has 1 aromatic carbocycles. The third-order valence-corrected chi connectivity index (χ3v) is 4.86. The largest absolute Gasteiger partial charge is 0.492 e. The average Bonchev–Trinajstić information content (AvgIpc) is 3.08. The summed E-state index contributed by atoms with van der Waals surface area (Å²) in [5.74, 6) is 1.31. The number of unbranched alkanes of at least 4 members (excludes halogenated alkanes) is 3. The Kier molecular flexibility index (Phi) is 9.50. The number of aromatic amines is 1. The van der Waals surface area contributed by atoms with Gasteiger partial charge in [0.1, 0.15) is 18.1 Å². The molecule has 0 spiro atoms. The number of aliphatic hydroxyl groups is 1. The highest BCUT2D eigenvalue weighted by molar-refractivity contribution is 6.32. The molecule has 1 heterocycles. The highest BCUT2D eigenvalue weighted by atomic mass is 35.5. The average molecular weight is 395 g/mol. The lowest BCUT2D eigenvalue weighted by molar-refractivity contribution is 0.201. The van der Waals surface area contributed by atoms with Crippen LogP contribution in [-0.2, 0) is 19.3 Å². The molecule has 0 bridgehead atoms. The normalized spacial score (nSPS) is 11.0. The van der Waals surface area contributed by atoms with Gasteiger partial charge in [-0.05, 0) is 49.8 Å². The standard InChI is InChI=1S/C21H31ClN2O3/c1-3-19-17(20(4-2)24-23-19)9-7-5-6-8-13-27-21-11-10-16(15-18(21)22)26-14-12-25/h10-11,15,25H,3-9,12-14H2,1-2H3,(H,23,24). The molecule has 5 nitrogen and oxygen atoms in total. The van der Waals surface area contributed by atoms with Crippen LogP contribution in [0, 0.1) is 0 Å². The van der Waals surface area contributed by atoms with Gasteiger partial charge in [-0.25, -0.2) is 0 Å². The van der Waals surface area contributed by atoms with E-state index in [2.05, 4.69) is 24.0 Å². The summed E-state index contributed by atoms with van der Waals surface area (Å²) < 4.78 is 11.1. The van der Waals surface area contributed by atoms with Crippen molar-refractivity contribution in [2.45, 2.75) is 58.8 Å². The van der Waals surface area contributed by atoms with E-state index in [4.69, 9.17) is 26.2 Å². The Hall–Kier alpha value is -1.72. The van der Waals surface area contributed by atoms with Crippen molar-refractivity contribution in [2.75, 3.05) is 19.8 Å². The van der Waals surface area contributed by atoms with E-state index in [0.29, 0.717) is 23.1 Å². The molecule has 6 heteroatoms. The van der Waals surface area contributed by atoms with Crippen molar-refractivity contribution in [2.24, 2.45) is 0 Å². The Balaban J connectivity index is 1.64. The van der Waals surface area contributed by atoms with Gasteiger partial charge in [-0.15, -0.1) is 0 Å². The highest BCUT2D eigenvalue weighted by Gasteiger charge is 2.10.